The molecule has 0 N–H and O–H groups in total. The molecular formula is C13H15BrN4O2S. The maximum absolute atomic E-state index is 12.3. The van der Waals surface area contributed by atoms with Gasteiger partial charge < -0.3 is 9.80 Å². The van der Waals surface area contributed by atoms with Gasteiger partial charge in [-0.15, -0.1) is 10.2 Å². The van der Waals surface area contributed by atoms with Gasteiger partial charge in [-0.05, 0) is 47.0 Å². The van der Waals surface area contributed by atoms with Gasteiger partial charge in [0.25, 0.3) is 0 Å². The molecular weight excluding hydrogens is 356 g/mol. The molecule has 1 aromatic rings. The highest BCUT2D eigenvalue weighted by molar-refractivity contribution is 9.11. The van der Waals surface area contributed by atoms with Crippen LogP contribution in [0.2, 0.25) is 0 Å². The fourth-order valence-electron chi connectivity index (χ4n) is 3.59. The van der Waals surface area contributed by atoms with Crippen molar-refractivity contribution in [1.82, 2.24) is 20.0 Å². The van der Waals surface area contributed by atoms with Crippen molar-refractivity contribution in [3.8, 4) is 0 Å². The standard InChI is InChI=1S/C13H15BrN4O2S/c14-13-16-15-10(21-13)6-17-1-2-18(12(20)11(17)19)9-4-7-3-8(7)5-9/h7-9H,1-6H2/t7-,8+,9?. The van der Waals surface area contributed by atoms with Crippen LogP contribution in [0.4, 0.5) is 0 Å². The topological polar surface area (TPSA) is 66.4 Å². The molecule has 4 rings (SSSR count). The first-order valence-electron chi connectivity index (χ1n) is 7.19. The van der Waals surface area contributed by atoms with Gasteiger partial charge in [0.1, 0.15) is 5.01 Å². The summed E-state index contributed by atoms with van der Waals surface area (Å²) in [7, 11) is 0. The maximum atomic E-state index is 12.3. The van der Waals surface area contributed by atoms with Crippen LogP contribution in [-0.2, 0) is 16.1 Å². The molecule has 2 saturated carbocycles. The zero-order valence-electron chi connectivity index (χ0n) is 11.4. The lowest BCUT2D eigenvalue weighted by atomic mass is 10.1. The normalized spacial score (nSPS) is 31.8. The predicted octanol–water partition coefficient (Wildman–Crippen LogP) is 1.27. The fourth-order valence-corrected chi connectivity index (χ4v) is 4.80. The Kier molecular flexibility index (Phi) is 3.25. The maximum Gasteiger partial charge on any atom is 0.312 e. The zero-order chi connectivity index (χ0) is 14.6. The molecule has 1 aromatic heterocycles. The molecule has 1 aliphatic heterocycles. The Bertz CT molecular complexity index is 597. The number of rotatable bonds is 3. The summed E-state index contributed by atoms with van der Waals surface area (Å²) in [5.74, 6) is 0.897. The van der Waals surface area contributed by atoms with Gasteiger partial charge in [-0.1, -0.05) is 11.3 Å². The molecule has 3 aliphatic rings. The molecule has 3 fully saturated rings. The van der Waals surface area contributed by atoms with Crippen molar-refractivity contribution in [3.63, 3.8) is 0 Å². The van der Waals surface area contributed by atoms with Crippen LogP contribution >= 0.6 is 27.3 Å². The summed E-state index contributed by atoms with van der Waals surface area (Å²) in [6.07, 6.45) is 3.50. The Morgan fingerprint density at radius 1 is 1.10 bits per heavy atom. The Labute approximate surface area is 134 Å². The van der Waals surface area contributed by atoms with Gasteiger partial charge in [-0.25, -0.2) is 0 Å². The number of piperazine rings is 1. The summed E-state index contributed by atoms with van der Waals surface area (Å²) < 4.78 is 0.695. The molecule has 2 amide bonds. The second-order valence-corrected chi connectivity index (χ2v) is 8.39. The first-order valence-corrected chi connectivity index (χ1v) is 8.80. The largest absolute Gasteiger partial charge is 0.330 e. The third kappa shape index (κ3) is 2.48. The third-order valence-corrected chi connectivity index (χ3v) is 6.11. The molecule has 2 aliphatic carbocycles. The molecule has 0 aromatic carbocycles. The van der Waals surface area contributed by atoms with Crippen molar-refractivity contribution in [1.29, 1.82) is 0 Å². The quantitative estimate of drug-likeness (QED) is 0.751. The number of hydrogen-bond donors (Lipinski definition) is 0. The predicted molar refractivity (Wildman–Crippen MR) is 79.4 cm³/mol. The Morgan fingerprint density at radius 2 is 1.86 bits per heavy atom. The summed E-state index contributed by atoms with van der Waals surface area (Å²) in [5.41, 5.74) is 0. The highest BCUT2D eigenvalue weighted by atomic mass is 79.9. The number of aromatic nitrogens is 2. The second-order valence-electron chi connectivity index (χ2n) is 6.06. The zero-order valence-corrected chi connectivity index (χ0v) is 13.8. The summed E-state index contributed by atoms with van der Waals surface area (Å²) in [4.78, 5) is 28.0. The van der Waals surface area contributed by atoms with Gasteiger partial charge in [0, 0.05) is 19.1 Å². The van der Waals surface area contributed by atoms with E-state index in [0.717, 1.165) is 29.7 Å². The van der Waals surface area contributed by atoms with Crippen LogP contribution in [0.3, 0.4) is 0 Å². The van der Waals surface area contributed by atoms with E-state index in [1.165, 1.54) is 17.8 Å². The average molecular weight is 371 g/mol. The number of carbonyl (C=O) groups excluding carboxylic acids is 2. The molecule has 0 spiro atoms. The Hall–Kier alpha value is -1.02. The van der Waals surface area contributed by atoms with Gasteiger partial charge in [-0.2, -0.15) is 0 Å². The average Bonchev–Trinajstić information content (AvgIpc) is 2.87. The summed E-state index contributed by atoms with van der Waals surface area (Å²) in [6, 6.07) is 0.294. The minimum Gasteiger partial charge on any atom is -0.330 e. The van der Waals surface area contributed by atoms with Crippen molar-refractivity contribution in [2.75, 3.05) is 13.1 Å². The van der Waals surface area contributed by atoms with Crippen LogP contribution in [0.25, 0.3) is 0 Å². The Balaban J connectivity index is 1.41. The SMILES string of the molecule is O=C1C(=O)N(C2C[C@@H]3C[C@@H]3C2)CCN1Cc1nnc(Br)s1. The molecule has 1 saturated heterocycles. The molecule has 112 valence electrons. The molecule has 0 bridgehead atoms. The lowest BCUT2D eigenvalue weighted by Gasteiger charge is -2.37. The third-order valence-electron chi connectivity index (χ3n) is 4.77. The first-order chi connectivity index (χ1) is 10.1. The smallest absolute Gasteiger partial charge is 0.312 e. The lowest BCUT2D eigenvalue weighted by Crippen LogP contribution is -2.56. The lowest BCUT2D eigenvalue weighted by molar-refractivity contribution is -0.158. The van der Waals surface area contributed by atoms with E-state index >= 15 is 0 Å². The highest BCUT2D eigenvalue weighted by Gasteiger charge is 2.50. The molecule has 6 nitrogen and oxygen atoms in total. The van der Waals surface area contributed by atoms with Gasteiger partial charge in [0.15, 0.2) is 3.92 Å². The number of halogens is 1. The molecule has 21 heavy (non-hydrogen) atoms. The number of carbonyl (C=O) groups is 2. The minimum absolute atomic E-state index is 0.294. The van der Waals surface area contributed by atoms with Crippen molar-refractivity contribution in [3.05, 3.63) is 8.92 Å². The number of nitrogens with zero attached hydrogens (tertiary/aromatic N) is 4. The van der Waals surface area contributed by atoms with Crippen LogP contribution < -0.4 is 0 Å². The summed E-state index contributed by atoms with van der Waals surface area (Å²) >= 11 is 4.65. The van der Waals surface area contributed by atoms with Crippen LogP contribution in [0.15, 0.2) is 3.92 Å². The van der Waals surface area contributed by atoms with E-state index in [-0.39, 0.29) is 5.91 Å². The van der Waals surface area contributed by atoms with Crippen molar-refractivity contribution >= 4 is 39.1 Å². The monoisotopic (exact) mass is 370 g/mol. The van der Waals surface area contributed by atoms with Crippen LogP contribution in [0.5, 0.6) is 0 Å². The molecule has 0 radical (unpaired) electrons. The van der Waals surface area contributed by atoms with Gasteiger partial charge >= 0.3 is 11.8 Å². The molecule has 1 unspecified atom stereocenters. The van der Waals surface area contributed by atoms with Crippen LogP contribution in [0, 0.1) is 11.8 Å². The molecule has 8 heteroatoms. The second kappa shape index (κ2) is 5.01. The van der Waals surface area contributed by atoms with Gasteiger partial charge in [-0.3, -0.25) is 9.59 Å². The van der Waals surface area contributed by atoms with Gasteiger partial charge in [0.2, 0.25) is 0 Å². The number of hydrogen-bond acceptors (Lipinski definition) is 5. The van der Waals surface area contributed by atoms with Crippen molar-refractivity contribution in [2.24, 2.45) is 11.8 Å². The Morgan fingerprint density at radius 3 is 2.52 bits per heavy atom. The first kappa shape index (κ1) is 13.6. The van der Waals surface area contributed by atoms with E-state index in [1.54, 1.807) is 9.80 Å². The van der Waals surface area contributed by atoms with Crippen LogP contribution in [-0.4, -0.2) is 50.9 Å². The van der Waals surface area contributed by atoms with E-state index in [9.17, 15) is 9.59 Å². The van der Waals surface area contributed by atoms with Gasteiger partial charge in [0.05, 0.1) is 6.54 Å². The van der Waals surface area contributed by atoms with E-state index in [4.69, 9.17) is 0 Å². The van der Waals surface area contributed by atoms with Crippen LogP contribution in [0.1, 0.15) is 24.3 Å². The van der Waals surface area contributed by atoms with Crippen molar-refractivity contribution < 1.29 is 9.59 Å². The van der Waals surface area contributed by atoms with Crippen molar-refractivity contribution in [2.45, 2.75) is 31.8 Å². The van der Waals surface area contributed by atoms with E-state index in [2.05, 4.69) is 26.1 Å². The fraction of sp³-hybridized carbons (Fsp3) is 0.692. The summed E-state index contributed by atoms with van der Waals surface area (Å²) in [5, 5.41) is 8.60. The number of fused-ring (bicyclic) bond motifs is 1. The van der Waals surface area contributed by atoms with E-state index < -0.39 is 5.91 Å². The van der Waals surface area contributed by atoms with E-state index in [1.807, 2.05) is 0 Å². The minimum atomic E-state index is -0.395. The highest BCUT2D eigenvalue weighted by Crippen LogP contribution is 2.53. The summed E-state index contributed by atoms with van der Waals surface area (Å²) in [6.45, 7) is 1.61. The number of amides is 2. The molecule has 2 heterocycles. The van der Waals surface area contributed by atoms with E-state index in [0.29, 0.717) is 29.6 Å². The molecule has 3 atom stereocenters.